The Kier molecular flexibility index (Phi) is 6.42. The molecule has 1 aliphatic heterocycles. The molecule has 2 amide bonds. The van der Waals surface area contributed by atoms with Crippen molar-refractivity contribution in [3.8, 4) is 5.75 Å². The van der Waals surface area contributed by atoms with Crippen LogP contribution in [0, 0.1) is 17.3 Å². The number of benzene rings is 1. The number of nitrogens with zero attached hydrogens (tertiary/aromatic N) is 1. The summed E-state index contributed by atoms with van der Waals surface area (Å²) in [5.74, 6) is -0.196. The molecule has 1 saturated heterocycles. The number of hydrogen-bond donors (Lipinski definition) is 1. The number of carbonyl (C=O) groups is 2. The number of amides is 2. The molecular weight excluding hydrogens is 378 g/mol. The number of carbonyl (C=O) groups excluding carboxylic acids is 2. The fraction of sp³-hybridized carbons (Fsp3) is 0.600. The molecule has 3 atom stereocenters. The van der Waals surface area contributed by atoms with Crippen molar-refractivity contribution in [3.63, 3.8) is 0 Å². The van der Waals surface area contributed by atoms with Crippen molar-refractivity contribution < 1.29 is 19.4 Å². The van der Waals surface area contributed by atoms with Crippen molar-refractivity contribution >= 4 is 11.8 Å². The summed E-state index contributed by atoms with van der Waals surface area (Å²) in [4.78, 5) is 26.2. The summed E-state index contributed by atoms with van der Waals surface area (Å²) in [6, 6.07) is 7.97. The summed E-state index contributed by atoms with van der Waals surface area (Å²) in [7, 11) is 0. The van der Waals surface area contributed by atoms with Gasteiger partial charge >= 0.3 is 0 Å². The van der Waals surface area contributed by atoms with Crippen molar-refractivity contribution in [1.82, 2.24) is 4.90 Å². The van der Waals surface area contributed by atoms with Gasteiger partial charge in [-0.3, -0.25) is 14.5 Å². The third kappa shape index (κ3) is 5.12. The molecule has 0 spiro atoms. The number of aliphatic hydroxyl groups excluding tert-OH is 1. The van der Waals surface area contributed by atoms with Crippen LogP contribution in [0.15, 0.2) is 36.4 Å². The van der Waals surface area contributed by atoms with Crippen molar-refractivity contribution in [1.29, 1.82) is 0 Å². The summed E-state index contributed by atoms with van der Waals surface area (Å²) < 4.78 is 5.72. The van der Waals surface area contributed by atoms with Crippen LogP contribution in [0.25, 0.3) is 0 Å². The van der Waals surface area contributed by atoms with Crippen molar-refractivity contribution in [3.05, 3.63) is 42.0 Å². The number of rotatable bonds is 7. The second kappa shape index (κ2) is 8.54. The van der Waals surface area contributed by atoms with Crippen LogP contribution in [0.4, 0.5) is 0 Å². The Morgan fingerprint density at radius 1 is 1.00 bits per heavy atom. The number of imide groups is 1. The third-order valence-corrected chi connectivity index (χ3v) is 6.04. The number of β-amino-alcohol motifs (C(OH)–C–C–N with tert-alkyl or cyclic N) is 1. The molecule has 3 rings (SSSR count). The molecule has 1 aromatic carbocycles. The Balaban J connectivity index is 1.53. The zero-order valence-corrected chi connectivity index (χ0v) is 18.9. The van der Waals surface area contributed by atoms with Crippen molar-refractivity contribution in [2.24, 2.45) is 17.3 Å². The predicted octanol–water partition coefficient (Wildman–Crippen LogP) is 4.09. The van der Waals surface area contributed by atoms with Gasteiger partial charge in [0.1, 0.15) is 18.5 Å². The largest absolute Gasteiger partial charge is 0.491 e. The quantitative estimate of drug-likeness (QED) is 0.540. The highest BCUT2D eigenvalue weighted by Gasteiger charge is 2.47. The Hall–Kier alpha value is -2.14. The van der Waals surface area contributed by atoms with Gasteiger partial charge in [-0.15, -0.1) is 0 Å². The lowest BCUT2D eigenvalue weighted by atomic mass is 9.72. The van der Waals surface area contributed by atoms with Crippen LogP contribution in [0.1, 0.15) is 59.4 Å². The Morgan fingerprint density at radius 2 is 1.53 bits per heavy atom. The number of hydrogen-bond acceptors (Lipinski definition) is 4. The minimum atomic E-state index is -0.914. The van der Waals surface area contributed by atoms with Gasteiger partial charge in [0.15, 0.2) is 0 Å². The smallest absolute Gasteiger partial charge is 0.233 e. The predicted molar refractivity (Wildman–Crippen MR) is 117 cm³/mol. The van der Waals surface area contributed by atoms with Crippen LogP contribution in [0.2, 0.25) is 0 Å². The minimum absolute atomic E-state index is 0.0125. The Labute approximate surface area is 180 Å². The van der Waals surface area contributed by atoms with Gasteiger partial charge in [-0.1, -0.05) is 58.9 Å². The molecule has 1 fully saturated rings. The maximum absolute atomic E-state index is 12.5. The molecule has 1 aromatic rings. The number of fused-ring (bicyclic) bond motifs is 1. The highest BCUT2D eigenvalue weighted by Crippen LogP contribution is 2.37. The Bertz CT molecular complexity index is 777. The average molecular weight is 414 g/mol. The van der Waals surface area contributed by atoms with Gasteiger partial charge < -0.3 is 9.84 Å². The van der Waals surface area contributed by atoms with Crippen molar-refractivity contribution in [2.45, 2.75) is 65.4 Å². The number of ether oxygens (including phenoxy) is 1. The first-order valence-electron chi connectivity index (χ1n) is 10.9. The van der Waals surface area contributed by atoms with Crippen LogP contribution < -0.4 is 4.74 Å². The zero-order valence-electron chi connectivity index (χ0n) is 18.9. The second-order valence-corrected chi connectivity index (χ2v) is 10.6. The lowest BCUT2D eigenvalue weighted by Crippen LogP contribution is -2.40. The van der Waals surface area contributed by atoms with Crippen LogP contribution in [-0.2, 0) is 15.0 Å². The Morgan fingerprint density at radius 3 is 2.03 bits per heavy atom. The molecule has 5 heteroatoms. The van der Waals surface area contributed by atoms with E-state index >= 15 is 0 Å². The molecule has 30 heavy (non-hydrogen) atoms. The summed E-state index contributed by atoms with van der Waals surface area (Å²) in [5, 5.41) is 10.4. The molecule has 0 radical (unpaired) electrons. The van der Waals surface area contributed by atoms with E-state index in [1.807, 2.05) is 24.3 Å². The molecule has 2 aliphatic rings. The first kappa shape index (κ1) is 22.5. The first-order chi connectivity index (χ1) is 14.0. The summed E-state index contributed by atoms with van der Waals surface area (Å²) in [6.45, 7) is 11.2. The van der Waals surface area contributed by atoms with Crippen LogP contribution in [-0.4, -0.2) is 41.1 Å². The van der Waals surface area contributed by atoms with Crippen LogP contribution in [0.3, 0.4) is 0 Å². The van der Waals surface area contributed by atoms with E-state index < -0.39 is 6.10 Å². The molecular formula is C25H35NO4. The zero-order chi connectivity index (χ0) is 22.1. The third-order valence-electron chi connectivity index (χ3n) is 6.04. The van der Waals surface area contributed by atoms with Crippen molar-refractivity contribution in [2.75, 3.05) is 13.2 Å². The van der Waals surface area contributed by atoms with E-state index in [0.717, 1.165) is 6.42 Å². The SMILES string of the molecule is CC(C)(C)CC(C)(C)c1ccc(OCC(O)CN2C(=O)C3CC=CCC3C2=O)cc1. The van der Waals surface area contributed by atoms with E-state index in [2.05, 4.69) is 46.8 Å². The van der Waals surface area contributed by atoms with Gasteiger partial charge in [0.25, 0.3) is 0 Å². The first-order valence-corrected chi connectivity index (χ1v) is 10.9. The second-order valence-electron chi connectivity index (χ2n) is 10.6. The topological polar surface area (TPSA) is 66.8 Å². The maximum atomic E-state index is 12.5. The van der Waals surface area contributed by atoms with Gasteiger partial charge in [0.2, 0.25) is 11.8 Å². The molecule has 164 valence electrons. The molecule has 1 heterocycles. The molecule has 3 unspecified atom stereocenters. The van der Waals surface area contributed by atoms with E-state index in [-0.39, 0.29) is 47.6 Å². The molecule has 1 N–H and O–H groups in total. The molecule has 5 nitrogen and oxygen atoms in total. The molecule has 0 bridgehead atoms. The summed E-state index contributed by atoms with van der Waals surface area (Å²) >= 11 is 0. The average Bonchev–Trinajstić information content (AvgIpc) is 2.90. The lowest BCUT2D eigenvalue weighted by molar-refractivity contribution is -0.141. The standard InChI is InChI=1S/C25H35NO4/c1-24(2,3)16-25(4,5)17-10-12-19(13-11-17)30-15-18(27)14-26-22(28)20-8-6-7-9-21(20)23(26)29/h6-7,10-13,18,20-21,27H,8-9,14-16H2,1-5H3. The number of allylic oxidation sites excluding steroid dienone is 2. The lowest BCUT2D eigenvalue weighted by Gasteiger charge is -2.33. The number of aliphatic hydroxyl groups is 1. The van der Waals surface area contributed by atoms with Crippen LogP contribution >= 0.6 is 0 Å². The van der Waals surface area contributed by atoms with E-state index in [9.17, 15) is 14.7 Å². The van der Waals surface area contributed by atoms with Gasteiger partial charge in [-0.25, -0.2) is 0 Å². The highest BCUT2D eigenvalue weighted by molar-refractivity contribution is 6.05. The monoisotopic (exact) mass is 413 g/mol. The van der Waals surface area contributed by atoms with Gasteiger partial charge in [0, 0.05) is 0 Å². The number of likely N-dealkylation sites (tertiary alicyclic amines) is 1. The van der Waals surface area contributed by atoms with E-state index in [1.54, 1.807) is 0 Å². The normalized spacial score (nSPS) is 22.9. The fourth-order valence-corrected chi connectivity index (χ4v) is 4.94. The van der Waals surface area contributed by atoms with E-state index in [1.165, 1.54) is 10.5 Å². The summed E-state index contributed by atoms with van der Waals surface area (Å²) in [5.41, 5.74) is 1.54. The fourth-order valence-electron chi connectivity index (χ4n) is 4.94. The highest BCUT2D eigenvalue weighted by atomic mass is 16.5. The van der Waals surface area contributed by atoms with E-state index in [0.29, 0.717) is 18.6 Å². The van der Waals surface area contributed by atoms with Gasteiger partial charge in [0.05, 0.1) is 18.4 Å². The maximum Gasteiger partial charge on any atom is 0.233 e. The van der Waals surface area contributed by atoms with Crippen LogP contribution in [0.5, 0.6) is 5.75 Å². The summed E-state index contributed by atoms with van der Waals surface area (Å²) in [6.07, 6.45) is 5.29. The molecule has 0 aromatic heterocycles. The molecule has 0 saturated carbocycles. The minimum Gasteiger partial charge on any atom is -0.491 e. The molecule has 1 aliphatic carbocycles. The van der Waals surface area contributed by atoms with Gasteiger partial charge in [-0.05, 0) is 47.8 Å². The van der Waals surface area contributed by atoms with Gasteiger partial charge in [-0.2, -0.15) is 0 Å². The van der Waals surface area contributed by atoms with E-state index in [4.69, 9.17) is 4.74 Å².